The van der Waals surface area contributed by atoms with Gasteiger partial charge in [-0.15, -0.1) is 0 Å². The van der Waals surface area contributed by atoms with Gasteiger partial charge in [-0.25, -0.2) is 4.79 Å². The van der Waals surface area contributed by atoms with E-state index in [1.165, 1.54) is 32.1 Å². The quantitative estimate of drug-likeness (QED) is 0.659. The highest BCUT2D eigenvalue weighted by Crippen LogP contribution is 2.58. The first-order valence-corrected chi connectivity index (χ1v) is 10.8. The van der Waals surface area contributed by atoms with Gasteiger partial charge in [-0.2, -0.15) is 0 Å². The van der Waals surface area contributed by atoms with Crippen LogP contribution < -0.4 is 5.11 Å². The SMILES string of the molecule is CC(C)(C)OC(=O)N1C[C@@H]2C[C@H]1C[N+]2(C(=O)[O-])C1C2CC3CC(C2)CC1C3. The molecular weight excluding hydrogens is 344 g/mol. The molecule has 6 rings (SSSR count). The fourth-order valence-electron chi connectivity index (χ4n) is 7.80. The number of carbonyl (C=O) groups excluding carboxylic acids is 2. The number of amides is 2. The molecule has 2 aliphatic heterocycles. The van der Waals surface area contributed by atoms with Gasteiger partial charge in [0.05, 0.1) is 12.6 Å². The maximum atomic E-state index is 12.6. The lowest BCUT2D eigenvalue weighted by atomic mass is 9.53. The average Bonchev–Trinajstić information content (AvgIpc) is 3.11. The van der Waals surface area contributed by atoms with Gasteiger partial charge in [0.2, 0.25) is 0 Å². The van der Waals surface area contributed by atoms with E-state index in [9.17, 15) is 14.7 Å². The van der Waals surface area contributed by atoms with Crippen molar-refractivity contribution in [1.29, 1.82) is 0 Å². The highest BCUT2D eigenvalue weighted by atomic mass is 16.6. The molecule has 0 aromatic heterocycles. The van der Waals surface area contributed by atoms with Gasteiger partial charge in [-0.1, -0.05) is 0 Å². The van der Waals surface area contributed by atoms with Crippen LogP contribution in [-0.4, -0.2) is 58.4 Å². The molecule has 150 valence electrons. The monoisotopic (exact) mass is 376 g/mol. The maximum Gasteiger partial charge on any atom is 0.410 e. The van der Waals surface area contributed by atoms with Crippen LogP contribution in [0.15, 0.2) is 0 Å². The third-order valence-electron chi connectivity index (χ3n) is 8.23. The standard InChI is InChI=1S/C21H32N2O4/c1-21(2,3)27-19(24)22-10-17-9-16(22)11-23(17,20(25)26)18-14-5-12-4-13(7-14)8-15(18)6-12/h12-18H,4-11H2,1-3H3/t12?,13?,14?,15?,16-,17-,18?,23?/m0/s1. The van der Waals surface area contributed by atoms with Gasteiger partial charge < -0.3 is 14.6 Å². The number of piperazine rings is 1. The Kier molecular flexibility index (Phi) is 3.70. The number of nitrogens with zero attached hydrogens (tertiary/aromatic N) is 2. The molecule has 0 spiro atoms. The Bertz CT molecular complexity index is 644. The summed E-state index contributed by atoms with van der Waals surface area (Å²) in [5, 5.41) is 12.6. The normalized spacial score (nSPS) is 47.5. The summed E-state index contributed by atoms with van der Waals surface area (Å²) in [5.74, 6) is 2.72. The molecule has 0 aromatic rings. The van der Waals surface area contributed by atoms with Gasteiger partial charge in [-0.3, -0.25) is 9.38 Å². The van der Waals surface area contributed by atoms with Gasteiger partial charge in [0.15, 0.2) is 0 Å². The van der Waals surface area contributed by atoms with Crippen molar-refractivity contribution < 1.29 is 23.9 Å². The van der Waals surface area contributed by atoms with Crippen LogP contribution in [0.1, 0.15) is 59.3 Å². The lowest BCUT2D eigenvalue weighted by molar-refractivity contribution is -0.924. The van der Waals surface area contributed by atoms with Gasteiger partial charge in [0.25, 0.3) is 6.09 Å². The van der Waals surface area contributed by atoms with Crippen molar-refractivity contribution in [3.63, 3.8) is 0 Å². The summed E-state index contributed by atoms with van der Waals surface area (Å²) < 4.78 is 5.68. The fraction of sp³-hybridized carbons (Fsp3) is 0.905. The zero-order chi connectivity index (χ0) is 19.1. The molecule has 2 saturated heterocycles. The van der Waals surface area contributed by atoms with Crippen molar-refractivity contribution in [1.82, 2.24) is 4.90 Å². The Morgan fingerprint density at radius 2 is 1.59 bits per heavy atom. The number of fused-ring (bicyclic) bond motifs is 2. The molecule has 6 bridgehead atoms. The predicted octanol–water partition coefficient (Wildman–Crippen LogP) is 2.36. The van der Waals surface area contributed by atoms with E-state index in [0.29, 0.717) is 24.9 Å². The Morgan fingerprint density at radius 3 is 2.04 bits per heavy atom. The summed E-state index contributed by atoms with van der Waals surface area (Å²) in [7, 11) is 0. The van der Waals surface area contributed by atoms with Crippen LogP contribution in [0.2, 0.25) is 0 Å². The second-order valence-electron chi connectivity index (χ2n) is 11.0. The molecule has 1 unspecified atom stereocenters. The van der Waals surface area contributed by atoms with E-state index in [1.54, 1.807) is 4.90 Å². The summed E-state index contributed by atoms with van der Waals surface area (Å²) >= 11 is 0. The molecule has 6 nitrogen and oxygen atoms in total. The third kappa shape index (κ3) is 2.55. The largest absolute Gasteiger partial charge is 0.498 e. The van der Waals surface area contributed by atoms with Crippen molar-refractivity contribution in [2.75, 3.05) is 13.1 Å². The number of likely N-dealkylation sites (tertiary alicyclic amines) is 2. The van der Waals surface area contributed by atoms with Crippen molar-refractivity contribution in [2.45, 2.75) is 83.0 Å². The first kappa shape index (κ1) is 17.8. The number of carboxylic acid groups (broad SMARTS) is 1. The Balaban J connectivity index is 1.40. The van der Waals surface area contributed by atoms with E-state index >= 15 is 0 Å². The number of rotatable bonds is 1. The summed E-state index contributed by atoms with van der Waals surface area (Å²) in [6.45, 7) is 6.62. The summed E-state index contributed by atoms with van der Waals surface area (Å²) in [6, 6.07) is 0.147. The molecule has 27 heavy (non-hydrogen) atoms. The summed E-state index contributed by atoms with van der Waals surface area (Å²) in [5.41, 5.74) is -0.527. The van der Waals surface area contributed by atoms with Crippen molar-refractivity contribution >= 4 is 12.2 Å². The van der Waals surface area contributed by atoms with E-state index < -0.39 is 11.7 Å². The Hall–Kier alpha value is -1.30. The predicted molar refractivity (Wildman–Crippen MR) is 96.5 cm³/mol. The van der Waals surface area contributed by atoms with Crippen LogP contribution in [0, 0.1) is 23.7 Å². The van der Waals surface area contributed by atoms with Crippen LogP contribution in [-0.2, 0) is 4.74 Å². The molecule has 6 heteroatoms. The molecular formula is C21H32N2O4. The lowest BCUT2D eigenvalue weighted by Crippen LogP contribution is -2.75. The maximum absolute atomic E-state index is 12.6. The van der Waals surface area contributed by atoms with E-state index in [2.05, 4.69) is 0 Å². The second-order valence-corrected chi connectivity index (χ2v) is 11.0. The minimum Gasteiger partial charge on any atom is -0.498 e. The zero-order valence-electron chi connectivity index (χ0n) is 16.7. The van der Waals surface area contributed by atoms with Crippen LogP contribution in [0.3, 0.4) is 0 Å². The topological polar surface area (TPSA) is 69.7 Å². The van der Waals surface area contributed by atoms with E-state index in [4.69, 9.17) is 4.74 Å². The summed E-state index contributed by atoms with van der Waals surface area (Å²) in [6.07, 6.45) is 5.77. The van der Waals surface area contributed by atoms with Crippen LogP contribution in [0.25, 0.3) is 0 Å². The van der Waals surface area contributed by atoms with Crippen molar-refractivity contribution in [3.8, 4) is 0 Å². The molecule has 3 atom stereocenters. The highest BCUT2D eigenvalue weighted by Gasteiger charge is 2.66. The van der Waals surface area contributed by atoms with Crippen LogP contribution >= 0.6 is 0 Å². The average molecular weight is 376 g/mol. The fourth-order valence-corrected chi connectivity index (χ4v) is 7.80. The summed E-state index contributed by atoms with van der Waals surface area (Å²) in [4.78, 5) is 26.9. The smallest absolute Gasteiger partial charge is 0.410 e. The number of carbonyl (C=O) groups is 2. The first-order chi connectivity index (χ1) is 12.7. The number of hydrogen-bond acceptors (Lipinski definition) is 4. The van der Waals surface area contributed by atoms with Gasteiger partial charge in [-0.05, 0) is 64.7 Å². The molecule has 6 fully saturated rings. The van der Waals surface area contributed by atoms with Crippen LogP contribution in [0.5, 0.6) is 0 Å². The van der Waals surface area contributed by atoms with Gasteiger partial charge in [0, 0.05) is 18.3 Å². The van der Waals surface area contributed by atoms with E-state index in [0.717, 1.165) is 18.3 Å². The third-order valence-corrected chi connectivity index (χ3v) is 8.23. The molecule has 0 radical (unpaired) electrons. The highest BCUT2D eigenvalue weighted by molar-refractivity contribution is 5.69. The Morgan fingerprint density at radius 1 is 1.00 bits per heavy atom. The molecule has 4 aliphatic carbocycles. The first-order valence-electron chi connectivity index (χ1n) is 10.8. The van der Waals surface area contributed by atoms with Gasteiger partial charge in [0.1, 0.15) is 24.2 Å². The Labute approximate surface area is 161 Å². The number of hydrogen-bond donors (Lipinski definition) is 0. The number of quaternary nitrogens is 1. The van der Waals surface area contributed by atoms with Crippen molar-refractivity contribution in [2.24, 2.45) is 23.7 Å². The van der Waals surface area contributed by atoms with E-state index in [-0.39, 0.29) is 28.7 Å². The second kappa shape index (κ2) is 5.62. The minimum atomic E-state index is -0.899. The minimum absolute atomic E-state index is 0.0278. The molecule has 6 aliphatic rings. The number of ether oxygens (including phenoxy) is 1. The molecule has 2 heterocycles. The van der Waals surface area contributed by atoms with Gasteiger partial charge >= 0.3 is 6.09 Å². The van der Waals surface area contributed by atoms with Crippen LogP contribution in [0.4, 0.5) is 9.59 Å². The molecule has 2 amide bonds. The van der Waals surface area contributed by atoms with Crippen molar-refractivity contribution in [3.05, 3.63) is 0 Å². The molecule has 0 aromatic carbocycles. The molecule has 0 N–H and O–H groups in total. The molecule has 4 saturated carbocycles. The lowest BCUT2D eigenvalue weighted by Gasteiger charge is -2.61. The zero-order valence-corrected chi connectivity index (χ0v) is 16.7. The van der Waals surface area contributed by atoms with E-state index in [1.807, 2.05) is 20.8 Å².